The van der Waals surface area contributed by atoms with E-state index in [1.807, 2.05) is 49.5 Å². The second-order valence-corrected chi connectivity index (χ2v) is 8.30. The standard InChI is InChI=1S/C22H20N2O3S/c1-15-4-3-5-18(12-15)24-28(25,26)19-7-9-22(27-2)20(14-19)16-6-8-21-17(13-16)10-11-23-21/h3-14,23-24H,1-2H3. The molecule has 3 aromatic carbocycles. The number of ether oxygens (including phenoxy) is 1. The second kappa shape index (κ2) is 7.05. The molecule has 2 N–H and O–H groups in total. The van der Waals surface area contributed by atoms with Crippen molar-refractivity contribution in [3.63, 3.8) is 0 Å². The summed E-state index contributed by atoms with van der Waals surface area (Å²) in [5, 5.41) is 1.05. The summed E-state index contributed by atoms with van der Waals surface area (Å²) in [5.74, 6) is 0.615. The number of rotatable bonds is 5. The van der Waals surface area contributed by atoms with Gasteiger partial charge in [-0.3, -0.25) is 4.72 Å². The van der Waals surface area contributed by atoms with Crippen molar-refractivity contribution in [3.05, 3.63) is 78.5 Å². The predicted molar refractivity (Wildman–Crippen MR) is 112 cm³/mol. The Balaban J connectivity index is 1.77. The lowest BCUT2D eigenvalue weighted by Crippen LogP contribution is -2.13. The summed E-state index contributed by atoms with van der Waals surface area (Å²) in [7, 11) is -2.15. The number of benzene rings is 3. The van der Waals surface area contributed by atoms with E-state index in [-0.39, 0.29) is 4.90 Å². The fourth-order valence-corrected chi connectivity index (χ4v) is 4.30. The summed E-state index contributed by atoms with van der Waals surface area (Å²) in [6, 6.07) is 20.0. The molecule has 1 heterocycles. The van der Waals surface area contributed by atoms with Gasteiger partial charge in [0.25, 0.3) is 10.0 Å². The topological polar surface area (TPSA) is 71.2 Å². The smallest absolute Gasteiger partial charge is 0.261 e. The van der Waals surface area contributed by atoms with Gasteiger partial charge in [-0.15, -0.1) is 0 Å². The number of aromatic nitrogens is 1. The van der Waals surface area contributed by atoms with Crippen molar-refractivity contribution in [2.75, 3.05) is 11.8 Å². The molecule has 0 unspecified atom stereocenters. The van der Waals surface area contributed by atoms with Crippen LogP contribution in [-0.2, 0) is 10.0 Å². The van der Waals surface area contributed by atoms with Crippen LogP contribution in [0, 0.1) is 6.92 Å². The van der Waals surface area contributed by atoms with Crippen LogP contribution in [0.15, 0.2) is 77.8 Å². The van der Waals surface area contributed by atoms with Gasteiger partial charge in [-0.1, -0.05) is 18.2 Å². The lowest BCUT2D eigenvalue weighted by molar-refractivity contribution is 0.416. The predicted octanol–water partition coefficient (Wildman–Crippen LogP) is 4.95. The van der Waals surface area contributed by atoms with E-state index in [0.717, 1.165) is 27.6 Å². The summed E-state index contributed by atoms with van der Waals surface area (Å²) in [4.78, 5) is 3.34. The van der Waals surface area contributed by atoms with Crippen molar-refractivity contribution < 1.29 is 13.2 Å². The molecule has 0 aliphatic carbocycles. The van der Waals surface area contributed by atoms with Crippen molar-refractivity contribution in [1.82, 2.24) is 4.98 Å². The number of nitrogens with one attached hydrogen (secondary N) is 2. The van der Waals surface area contributed by atoms with Crippen LogP contribution in [0.1, 0.15) is 5.56 Å². The molecule has 0 fully saturated rings. The molecule has 28 heavy (non-hydrogen) atoms. The molecular formula is C22H20N2O3S. The lowest BCUT2D eigenvalue weighted by atomic mass is 10.0. The SMILES string of the molecule is COc1ccc(S(=O)(=O)Nc2cccc(C)c2)cc1-c1ccc2[nH]ccc2c1. The third kappa shape index (κ3) is 3.46. The molecule has 0 saturated heterocycles. The maximum atomic E-state index is 12.9. The van der Waals surface area contributed by atoms with Crippen molar-refractivity contribution in [1.29, 1.82) is 0 Å². The molecule has 142 valence electrons. The minimum atomic E-state index is -3.73. The number of aromatic amines is 1. The van der Waals surface area contributed by atoms with E-state index >= 15 is 0 Å². The first-order valence-electron chi connectivity index (χ1n) is 8.81. The highest BCUT2D eigenvalue weighted by atomic mass is 32.2. The average Bonchev–Trinajstić information content (AvgIpc) is 3.15. The summed E-state index contributed by atoms with van der Waals surface area (Å²) >= 11 is 0. The molecule has 0 aliphatic heterocycles. The molecular weight excluding hydrogens is 372 g/mol. The van der Waals surface area contributed by atoms with Gasteiger partial charge in [-0.2, -0.15) is 0 Å². The van der Waals surface area contributed by atoms with Gasteiger partial charge in [0.2, 0.25) is 0 Å². The van der Waals surface area contributed by atoms with E-state index in [2.05, 4.69) is 9.71 Å². The molecule has 4 aromatic rings. The van der Waals surface area contributed by atoms with Gasteiger partial charge in [0.05, 0.1) is 12.0 Å². The molecule has 4 rings (SSSR count). The minimum absolute atomic E-state index is 0.180. The number of H-pyrrole nitrogens is 1. The second-order valence-electron chi connectivity index (χ2n) is 6.62. The number of anilines is 1. The zero-order valence-corrected chi connectivity index (χ0v) is 16.4. The van der Waals surface area contributed by atoms with E-state index in [1.54, 1.807) is 37.4 Å². The highest BCUT2D eigenvalue weighted by molar-refractivity contribution is 7.92. The van der Waals surface area contributed by atoms with Gasteiger partial charge >= 0.3 is 0 Å². The fraction of sp³-hybridized carbons (Fsp3) is 0.0909. The largest absolute Gasteiger partial charge is 0.496 e. The number of fused-ring (bicyclic) bond motifs is 1. The molecule has 1 aromatic heterocycles. The van der Waals surface area contributed by atoms with E-state index in [1.165, 1.54) is 0 Å². The number of aryl methyl sites for hydroxylation is 1. The van der Waals surface area contributed by atoms with Gasteiger partial charge in [-0.05, 0) is 72.0 Å². The molecule has 0 bridgehead atoms. The average molecular weight is 392 g/mol. The van der Waals surface area contributed by atoms with Crippen molar-refractivity contribution >= 4 is 26.6 Å². The minimum Gasteiger partial charge on any atom is -0.496 e. The van der Waals surface area contributed by atoms with Crippen LogP contribution in [0.25, 0.3) is 22.0 Å². The zero-order chi connectivity index (χ0) is 19.7. The van der Waals surface area contributed by atoms with Gasteiger partial charge in [0, 0.05) is 23.0 Å². The Hall–Kier alpha value is -3.25. The molecule has 5 nitrogen and oxygen atoms in total. The fourth-order valence-electron chi connectivity index (χ4n) is 3.22. The summed E-state index contributed by atoms with van der Waals surface area (Å²) in [6.07, 6.45) is 1.87. The van der Waals surface area contributed by atoms with Crippen molar-refractivity contribution in [3.8, 4) is 16.9 Å². The Bertz CT molecular complexity index is 1260. The van der Waals surface area contributed by atoms with Crippen molar-refractivity contribution in [2.24, 2.45) is 0 Å². The van der Waals surface area contributed by atoms with Crippen LogP contribution in [0.5, 0.6) is 5.75 Å². The number of methoxy groups -OCH3 is 1. The monoisotopic (exact) mass is 392 g/mol. The third-order valence-electron chi connectivity index (χ3n) is 4.62. The van der Waals surface area contributed by atoms with E-state index in [9.17, 15) is 8.42 Å². The Morgan fingerprint density at radius 2 is 1.82 bits per heavy atom. The van der Waals surface area contributed by atoms with E-state index in [0.29, 0.717) is 11.4 Å². The molecule has 0 atom stereocenters. The molecule has 6 heteroatoms. The van der Waals surface area contributed by atoms with E-state index in [4.69, 9.17) is 4.74 Å². The maximum absolute atomic E-state index is 12.9. The molecule has 0 aliphatic rings. The van der Waals surface area contributed by atoms with Crippen LogP contribution in [0.4, 0.5) is 5.69 Å². The van der Waals surface area contributed by atoms with Crippen LogP contribution in [0.3, 0.4) is 0 Å². The quantitative estimate of drug-likeness (QED) is 0.505. The van der Waals surface area contributed by atoms with Crippen LogP contribution >= 0.6 is 0 Å². The normalized spacial score (nSPS) is 11.5. The van der Waals surface area contributed by atoms with Crippen LogP contribution in [0.2, 0.25) is 0 Å². The molecule has 0 radical (unpaired) electrons. The summed E-state index contributed by atoms with van der Waals surface area (Å²) in [6.45, 7) is 1.92. The first-order valence-corrected chi connectivity index (χ1v) is 10.3. The van der Waals surface area contributed by atoms with Gasteiger partial charge in [0.15, 0.2) is 0 Å². The first kappa shape index (κ1) is 18.1. The molecule has 0 saturated carbocycles. The summed E-state index contributed by atoms with van der Waals surface area (Å²) in [5.41, 5.74) is 4.14. The molecule has 0 spiro atoms. The number of hydrogen-bond acceptors (Lipinski definition) is 3. The Morgan fingerprint density at radius 1 is 0.964 bits per heavy atom. The van der Waals surface area contributed by atoms with Gasteiger partial charge in [0.1, 0.15) is 5.75 Å². The molecule has 0 amide bonds. The summed E-state index contributed by atoms with van der Waals surface area (Å²) < 4.78 is 33.9. The number of hydrogen-bond donors (Lipinski definition) is 2. The highest BCUT2D eigenvalue weighted by Crippen LogP contribution is 2.34. The van der Waals surface area contributed by atoms with Crippen molar-refractivity contribution in [2.45, 2.75) is 11.8 Å². The van der Waals surface area contributed by atoms with Gasteiger partial charge < -0.3 is 9.72 Å². The first-order chi connectivity index (χ1) is 13.5. The lowest BCUT2D eigenvalue weighted by Gasteiger charge is -2.13. The Labute approximate surface area is 164 Å². The van der Waals surface area contributed by atoms with Gasteiger partial charge in [-0.25, -0.2) is 8.42 Å². The zero-order valence-electron chi connectivity index (χ0n) is 15.6. The maximum Gasteiger partial charge on any atom is 0.261 e. The van der Waals surface area contributed by atoms with Crippen LogP contribution < -0.4 is 9.46 Å². The van der Waals surface area contributed by atoms with Crippen LogP contribution in [-0.4, -0.2) is 20.5 Å². The highest BCUT2D eigenvalue weighted by Gasteiger charge is 2.18. The third-order valence-corrected chi connectivity index (χ3v) is 5.99. The number of sulfonamides is 1. The Morgan fingerprint density at radius 3 is 2.61 bits per heavy atom. The van der Waals surface area contributed by atoms with E-state index < -0.39 is 10.0 Å². The Kier molecular flexibility index (Phi) is 4.57.